The van der Waals surface area contributed by atoms with Crippen molar-refractivity contribution < 1.29 is 0 Å². The lowest BCUT2D eigenvalue weighted by molar-refractivity contribution is 0.591. The lowest BCUT2D eigenvalue weighted by Gasteiger charge is -2.41. The van der Waals surface area contributed by atoms with Gasteiger partial charge in [-0.05, 0) is 98.6 Å². The molecule has 0 fully saturated rings. The summed E-state index contributed by atoms with van der Waals surface area (Å²) in [6.45, 7) is 0. The zero-order valence-corrected chi connectivity index (χ0v) is 33.6. The number of hydrogen-bond donors (Lipinski definition) is 1. The van der Waals surface area contributed by atoms with Gasteiger partial charge < -0.3 is 10.2 Å². The first kappa shape index (κ1) is 35.7. The molecule has 0 aliphatic heterocycles. The Kier molecular flexibility index (Phi) is 9.24. The van der Waals surface area contributed by atoms with E-state index in [1.807, 2.05) is 0 Å². The Balaban J connectivity index is 1.16. The molecule has 1 N–H and O–H groups in total. The predicted octanol–water partition coefficient (Wildman–Crippen LogP) is 14.4. The number of benzene rings is 8. The summed E-state index contributed by atoms with van der Waals surface area (Å²) in [5.74, 6) is 0. The van der Waals surface area contributed by atoms with E-state index in [1.165, 1.54) is 50.1 Å². The van der Waals surface area contributed by atoms with E-state index < -0.39 is 11.0 Å². The fourth-order valence-electron chi connectivity index (χ4n) is 9.30. The van der Waals surface area contributed by atoms with E-state index in [1.54, 1.807) is 0 Å². The maximum atomic E-state index is 4.05. The summed E-state index contributed by atoms with van der Waals surface area (Å²) in [5, 5.41) is 4.02. The number of hydrogen-bond acceptors (Lipinski definition) is 2. The molecule has 0 amide bonds. The minimum Gasteiger partial charge on any atom is -0.372 e. The third kappa shape index (κ3) is 6.20. The van der Waals surface area contributed by atoms with Crippen molar-refractivity contribution in [1.82, 2.24) is 0 Å². The van der Waals surface area contributed by atoms with Crippen LogP contribution in [0.1, 0.15) is 34.2 Å². The molecule has 8 aromatic rings. The molecule has 2 aliphatic rings. The SMILES string of the molecule is BrC1=CC(Nc2ccccc2)(c2ccc(-c3ccccc3)cc2)CC(N(c2ccccc2)c2ccc3c(c2)C(c2ccccc2)(c2ccccc2)c2ccccc2-3)=C1. The molecule has 1 atom stereocenters. The van der Waals surface area contributed by atoms with Crippen molar-refractivity contribution in [1.29, 1.82) is 0 Å². The zero-order chi connectivity index (χ0) is 38.9. The minimum atomic E-state index is -0.572. The summed E-state index contributed by atoms with van der Waals surface area (Å²) in [6.07, 6.45) is 5.32. The molecule has 10 rings (SSSR count). The molecule has 0 spiro atoms. The van der Waals surface area contributed by atoms with Gasteiger partial charge in [0.05, 0.1) is 11.0 Å². The van der Waals surface area contributed by atoms with E-state index in [9.17, 15) is 0 Å². The van der Waals surface area contributed by atoms with E-state index in [4.69, 9.17) is 0 Å². The molecule has 58 heavy (non-hydrogen) atoms. The van der Waals surface area contributed by atoms with Crippen LogP contribution < -0.4 is 10.2 Å². The number of halogens is 1. The van der Waals surface area contributed by atoms with E-state index in [0.717, 1.165) is 27.2 Å². The smallest absolute Gasteiger partial charge is 0.0878 e. The van der Waals surface area contributed by atoms with Gasteiger partial charge in [0.25, 0.3) is 0 Å². The number of para-hydroxylation sites is 2. The molecule has 0 bridgehead atoms. The first-order valence-corrected chi connectivity index (χ1v) is 20.7. The van der Waals surface area contributed by atoms with Gasteiger partial charge in [-0.3, -0.25) is 0 Å². The predicted molar refractivity (Wildman–Crippen MR) is 246 cm³/mol. The molecule has 1 unspecified atom stereocenters. The highest BCUT2D eigenvalue weighted by atomic mass is 79.9. The van der Waals surface area contributed by atoms with E-state index >= 15 is 0 Å². The summed E-state index contributed by atoms with van der Waals surface area (Å²) in [5.41, 5.74) is 14.6. The first-order chi connectivity index (χ1) is 28.6. The van der Waals surface area contributed by atoms with Crippen molar-refractivity contribution >= 4 is 33.0 Å². The fourth-order valence-corrected chi connectivity index (χ4v) is 9.96. The Bertz CT molecular complexity index is 2720. The molecule has 0 saturated heterocycles. The van der Waals surface area contributed by atoms with Crippen LogP contribution in [-0.4, -0.2) is 0 Å². The number of nitrogens with zero attached hydrogens (tertiary/aromatic N) is 1. The lowest BCUT2D eigenvalue weighted by Crippen LogP contribution is -2.38. The van der Waals surface area contributed by atoms with Crippen molar-refractivity contribution in [2.24, 2.45) is 0 Å². The molecular formula is C55H41BrN2. The van der Waals surface area contributed by atoms with E-state index in [-0.39, 0.29) is 0 Å². The largest absolute Gasteiger partial charge is 0.372 e. The van der Waals surface area contributed by atoms with Gasteiger partial charge in [-0.15, -0.1) is 0 Å². The molecule has 0 aromatic heterocycles. The van der Waals surface area contributed by atoms with Gasteiger partial charge in [0.1, 0.15) is 0 Å². The van der Waals surface area contributed by atoms with Gasteiger partial charge >= 0.3 is 0 Å². The quantitative estimate of drug-likeness (QED) is 0.156. The van der Waals surface area contributed by atoms with Gasteiger partial charge in [-0.2, -0.15) is 0 Å². The lowest BCUT2D eigenvalue weighted by atomic mass is 9.67. The van der Waals surface area contributed by atoms with Crippen LogP contribution in [0, 0.1) is 0 Å². The van der Waals surface area contributed by atoms with Crippen LogP contribution >= 0.6 is 15.9 Å². The van der Waals surface area contributed by atoms with Crippen molar-refractivity contribution in [2.75, 3.05) is 10.2 Å². The Morgan fingerprint density at radius 2 is 0.983 bits per heavy atom. The van der Waals surface area contributed by atoms with Crippen molar-refractivity contribution in [3.63, 3.8) is 0 Å². The average Bonchev–Trinajstić information content (AvgIpc) is 3.58. The summed E-state index contributed by atoms with van der Waals surface area (Å²) in [6, 6.07) is 79.2. The molecule has 0 saturated carbocycles. The number of allylic oxidation sites excluding steroid dienone is 2. The molecule has 8 aromatic carbocycles. The molecular weight excluding hydrogens is 769 g/mol. The Morgan fingerprint density at radius 1 is 0.448 bits per heavy atom. The second kappa shape index (κ2) is 15.0. The minimum absolute atomic E-state index is 0.507. The topological polar surface area (TPSA) is 15.3 Å². The van der Waals surface area contributed by atoms with Crippen LogP contribution in [0.25, 0.3) is 22.3 Å². The summed E-state index contributed by atoms with van der Waals surface area (Å²) < 4.78 is 1.02. The number of nitrogens with one attached hydrogen (secondary N) is 1. The molecule has 2 aliphatic carbocycles. The highest BCUT2D eigenvalue weighted by molar-refractivity contribution is 9.11. The highest BCUT2D eigenvalue weighted by Gasteiger charge is 2.46. The van der Waals surface area contributed by atoms with E-state index in [0.29, 0.717) is 6.42 Å². The number of anilines is 3. The van der Waals surface area contributed by atoms with Crippen LogP contribution in [-0.2, 0) is 11.0 Å². The summed E-state index contributed by atoms with van der Waals surface area (Å²) in [7, 11) is 0. The second-order valence-corrected chi connectivity index (χ2v) is 16.1. The molecule has 278 valence electrons. The van der Waals surface area contributed by atoms with Gasteiger partial charge in [0.15, 0.2) is 0 Å². The first-order valence-electron chi connectivity index (χ1n) is 19.9. The van der Waals surface area contributed by atoms with Crippen molar-refractivity contribution in [2.45, 2.75) is 17.4 Å². The molecule has 0 radical (unpaired) electrons. The fraction of sp³-hybridized carbons (Fsp3) is 0.0545. The number of rotatable bonds is 9. The van der Waals surface area contributed by atoms with Crippen molar-refractivity contribution in [3.8, 4) is 22.3 Å². The van der Waals surface area contributed by atoms with Crippen LogP contribution in [0.15, 0.2) is 241 Å². The average molecular weight is 810 g/mol. The Hall–Kier alpha value is -6.68. The standard InChI is InChI=1S/C55H41BrN2/c56-45-36-49(39-54(38-45,57-46-24-12-4-13-25-46)42-32-30-41(31-33-42)40-18-6-1-7-19-40)58(47-26-14-5-15-27-47)48-34-35-51-50-28-16-17-29-52(50)55(53(51)37-48,43-20-8-2-9-21-43)44-22-10-3-11-23-44/h1-38,57H,39H2. The van der Waals surface area contributed by atoms with Gasteiger partial charge in [-0.1, -0.05) is 198 Å². The maximum Gasteiger partial charge on any atom is 0.0878 e. The van der Waals surface area contributed by atoms with Crippen LogP contribution in [0.5, 0.6) is 0 Å². The summed E-state index contributed by atoms with van der Waals surface area (Å²) in [4.78, 5) is 2.46. The molecule has 0 heterocycles. The van der Waals surface area contributed by atoms with Crippen molar-refractivity contribution in [3.05, 3.63) is 269 Å². The van der Waals surface area contributed by atoms with Gasteiger partial charge in [0, 0.05) is 33.7 Å². The van der Waals surface area contributed by atoms with Gasteiger partial charge in [-0.25, -0.2) is 0 Å². The van der Waals surface area contributed by atoms with Crippen LogP contribution in [0.2, 0.25) is 0 Å². The Labute approximate surface area is 349 Å². The highest BCUT2D eigenvalue weighted by Crippen LogP contribution is 2.57. The number of fused-ring (bicyclic) bond motifs is 3. The monoisotopic (exact) mass is 808 g/mol. The molecule has 3 heteroatoms. The maximum absolute atomic E-state index is 4.05. The zero-order valence-electron chi connectivity index (χ0n) is 32.0. The Morgan fingerprint density at radius 3 is 1.64 bits per heavy atom. The van der Waals surface area contributed by atoms with Crippen LogP contribution in [0.4, 0.5) is 17.1 Å². The second-order valence-electron chi connectivity index (χ2n) is 15.2. The van der Waals surface area contributed by atoms with Crippen LogP contribution in [0.3, 0.4) is 0 Å². The van der Waals surface area contributed by atoms with E-state index in [2.05, 4.69) is 257 Å². The molecule has 2 nitrogen and oxygen atoms in total. The third-order valence-corrected chi connectivity index (χ3v) is 12.3. The third-order valence-electron chi connectivity index (χ3n) is 11.8. The van der Waals surface area contributed by atoms with Gasteiger partial charge in [0.2, 0.25) is 0 Å². The normalized spacial score (nSPS) is 16.4. The summed E-state index contributed by atoms with van der Waals surface area (Å²) >= 11 is 4.05.